The number of carbonyl (C=O) groups is 1. The third kappa shape index (κ3) is 3.92. The molecule has 2 aromatic carbocycles. The summed E-state index contributed by atoms with van der Waals surface area (Å²) in [6, 6.07) is 15.4. The first-order valence-corrected chi connectivity index (χ1v) is 8.46. The second-order valence-electron chi connectivity index (χ2n) is 5.68. The zero-order valence-corrected chi connectivity index (χ0v) is 14.3. The van der Waals surface area contributed by atoms with Crippen LogP contribution in [0.5, 0.6) is 0 Å². The number of amides is 1. The molecule has 5 heteroatoms. The predicted octanol–water partition coefficient (Wildman–Crippen LogP) is 3.68. The lowest BCUT2D eigenvalue weighted by molar-refractivity contribution is 0.0436. The molecule has 2 atom stereocenters. The molecule has 4 nitrogen and oxygen atoms in total. The average molecular weight is 375 g/mol. The Labute approximate surface area is 144 Å². The summed E-state index contributed by atoms with van der Waals surface area (Å²) in [5.74, 6) is -0.165. The van der Waals surface area contributed by atoms with E-state index in [1.54, 1.807) is 12.1 Å². The molecule has 23 heavy (non-hydrogen) atoms. The Morgan fingerprint density at radius 3 is 2.74 bits per heavy atom. The molecule has 0 bridgehead atoms. The van der Waals surface area contributed by atoms with E-state index < -0.39 is 0 Å². The number of rotatable bonds is 4. The monoisotopic (exact) mass is 374 g/mol. The van der Waals surface area contributed by atoms with Crippen molar-refractivity contribution in [3.8, 4) is 0 Å². The highest BCUT2D eigenvalue weighted by Crippen LogP contribution is 2.32. The SMILES string of the molecule is Nc1cc(Br)ccc1C(=O)NC[C@H]1CC[C@@H](c2ccccc2)O1. The molecule has 1 heterocycles. The Bertz CT molecular complexity index is 691. The molecule has 1 aliphatic heterocycles. The van der Waals surface area contributed by atoms with E-state index >= 15 is 0 Å². The van der Waals surface area contributed by atoms with Gasteiger partial charge in [-0.1, -0.05) is 46.3 Å². The van der Waals surface area contributed by atoms with Crippen LogP contribution in [0, 0.1) is 0 Å². The lowest BCUT2D eigenvalue weighted by atomic mass is 10.1. The summed E-state index contributed by atoms with van der Waals surface area (Å²) in [5.41, 5.74) is 8.03. The standard InChI is InChI=1S/C18H19BrN2O2/c19-13-6-8-15(16(20)10-13)18(22)21-11-14-7-9-17(23-14)12-4-2-1-3-5-12/h1-6,8,10,14,17H,7,9,11,20H2,(H,21,22)/t14-,17+/m1/s1. The quantitative estimate of drug-likeness (QED) is 0.802. The first-order valence-electron chi connectivity index (χ1n) is 7.67. The number of hydrogen-bond donors (Lipinski definition) is 2. The van der Waals surface area contributed by atoms with Crippen molar-refractivity contribution in [2.45, 2.75) is 25.0 Å². The number of carbonyl (C=O) groups excluding carboxylic acids is 1. The Kier molecular flexibility index (Phi) is 4.98. The number of anilines is 1. The molecule has 1 fully saturated rings. The van der Waals surface area contributed by atoms with Crippen molar-refractivity contribution >= 4 is 27.5 Å². The highest BCUT2D eigenvalue weighted by atomic mass is 79.9. The summed E-state index contributed by atoms with van der Waals surface area (Å²) in [4.78, 5) is 12.2. The van der Waals surface area contributed by atoms with Gasteiger partial charge in [0.05, 0.1) is 17.8 Å². The maximum Gasteiger partial charge on any atom is 0.253 e. The Morgan fingerprint density at radius 2 is 2.00 bits per heavy atom. The van der Waals surface area contributed by atoms with Crippen LogP contribution in [-0.4, -0.2) is 18.6 Å². The number of ether oxygens (including phenoxy) is 1. The predicted molar refractivity (Wildman–Crippen MR) is 94.2 cm³/mol. The van der Waals surface area contributed by atoms with Crippen molar-refractivity contribution in [1.29, 1.82) is 0 Å². The van der Waals surface area contributed by atoms with Crippen molar-refractivity contribution in [3.63, 3.8) is 0 Å². The van der Waals surface area contributed by atoms with Crippen LogP contribution >= 0.6 is 15.9 Å². The largest absolute Gasteiger partial charge is 0.398 e. The van der Waals surface area contributed by atoms with Gasteiger partial charge < -0.3 is 15.8 Å². The van der Waals surface area contributed by atoms with Gasteiger partial charge in [0, 0.05) is 16.7 Å². The number of nitrogen functional groups attached to an aromatic ring is 1. The van der Waals surface area contributed by atoms with Crippen LogP contribution in [-0.2, 0) is 4.74 Å². The van der Waals surface area contributed by atoms with E-state index in [0.717, 1.165) is 17.3 Å². The van der Waals surface area contributed by atoms with Crippen molar-refractivity contribution < 1.29 is 9.53 Å². The Balaban J connectivity index is 1.54. The molecule has 120 valence electrons. The van der Waals surface area contributed by atoms with E-state index in [1.807, 2.05) is 24.3 Å². The fourth-order valence-electron chi connectivity index (χ4n) is 2.81. The molecule has 0 unspecified atom stereocenters. The molecular weight excluding hydrogens is 356 g/mol. The van der Waals surface area contributed by atoms with Gasteiger partial charge in [-0.3, -0.25) is 4.79 Å². The lowest BCUT2D eigenvalue weighted by Gasteiger charge is -2.15. The van der Waals surface area contributed by atoms with Gasteiger partial charge in [-0.05, 0) is 36.6 Å². The normalized spacial score (nSPS) is 20.4. The summed E-state index contributed by atoms with van der Waals surface area (Å²) < 4.78 is 6.89. The van der Waals surface area contributed by atoms with Gasteiger partial charge >= 0.3 is 0 Å². The molecular formula is C18H19BrN2O2. The highest BCUT2D eigenvalue weighted by Gasteiger charge is 2.26. The molecule has 2 aromatic rings. The second-order valence-corrected chi connectivity index (χ2v) is 6.59. The first-order chi connectivity index (χ1) is 11.1. The molecule has 0 aromatic heterocycles. The highest BCUT2D eigenvalue weighted by molar-refractivity contribution is 9.10. The van der Waals surface area contributed by atoms with Crippen molar-refractivity contribution in [1.82, 2.24) is 5.32 Å². The minimum atomic E-state index is -0.165. The molecule has 0 saturated carbocycles. The number of nitrogens with one attached hydrogen (secondary N) is 1. The minimum Gasteiger partial charge on any atom is -0.398 e. The van der Waals surface area contributed by atoms with E-state index in [-0.39, 0.29) is 18.1 Å². The van der Waals surface area contributed by atoms with Crippen LogP contribution in [0.2, 0.25) is 0 Å². The van der Waals surface area contributed by atoms with E-state index in [1.165, 1.54) is 5.56 Å². The first kappa shape index (κ1) is 16.0. The van der Waals surface area contributed by atoms with Gasteiger partial charge in [0.2, 0.25) is 0 Å². The third-order valence-electron chi connectivity index (χ3n) is 4.03. The molecule has 1 amide bonds. The van der Waals surface area contributed by atoms with Gasteiger partial charge in [-0.2, -0.15) is 0 Å². The van der Waals surface area contributed by atoms with Crippen molar-refractivity contribution in [2.75, 3.05) is 12.3 Å². The van der Waals surface area contributed by atoms with Gasteiger partial charge in [0.1, 0.15) is 0 Å². The zero-order valence-electron chi connectivity index (χ0n) is 12.7. The summed E-state index contributed by atoms with van der Waals surface area (Å²) >= 11 is 3.34. The molecule has 0 aliphatic carbocycles. The van der Waals surface area contributed by atoms with Crippen LogP contribution < -0.4 is 11.1 Å². The summed E-state index contributed by atoms with van der Waals surface area (Å²) in [5, 5.41) is 2.91. The molecule has 1 aliphatic rings. The van der Waals surface area contributed by atoms with Gasteiger partial charge in [0.25, 0.3) is 5.91 Å². The smallest absolute Gasteiger partial charge is 0.253 e. The van der Waals surface area contributed by atoms with Crippen molar-refractivity contribution in [3.05, 3.63) is 64.1 Å². The van der Waals surface area contributed by atoms with Crippen LogP contribution in [0.25, 0.3) is 0 Å². The molecule has 0 radical (unpaired) electrons. The van der Waals surface area contributed by atoms with Crippen LogP contribution in [0.1, 0.15) is 34.9 Å². The van der Waals surface area contributed by atoms with E-state index in [4.69, 9.17) is 10.5 Å². The van der Waals surface area contributed by atoms with Crippen LogP contribution in [0.4, 0.5) is 5.69 Å². The topological polar surface area (TPSA) is 64.4 Å². The van der Waals surface area contributed by atoms with Gasteiger partial charge in [-0.25, -0.2) is 0 Å². The molecule has 1 saturated heterocycles. The number of nitrogens with two attached hydrogens (primary N) is 1. The summed E-state index contributed by atoms with van der Waals surface area (Å²) in [7, 11) is 0. The second kappa shape index (κ2) is 7.15. The third-order valence-corrected chi connectivity index (χ3v) is 4.52. The van der Waals surface area contributed by atoms with Gasteiger partial charge in [0.15, 0.2) is 0 Å². The Morgan fingerprint density at radius 1 is 1.22 bits per heavy atom. The maximum atomic E-state index is 12.2. The fraction of sp³-hybridized carbons (Fsp3) is 0.278. The van der Waals surface area contributed by atoms with Crippen molar-refractivity contribution in [2.24, 2.45) is 0 Å². The van der Waals surface area contributed by atoms with E-state index in [0.29, 0.717) is 17.8 Å². The maximum absolute atomic E-state index is 12.2. The van der Waals surface area contributed by atoms with E-state index in [9.17, 15) is 4.79 Å². The Hall–Kier alpha value is -1.85. The number of benzene rings is 2. The molecule has 3 N–H and O–H groups in total. The lowest BCUT2D eigenvalue weighted by Crippen LogP contribution is -2.32. The molecule has 0 spiro atoms. The van der Waals surface area contributed by atoms with E-state index in [2.05, 4.69) is 33.4 Å². The average Bonchev–Trinajstić information content (AvgIpc) is 3.02. The minimum absolute atomic E-state index is 0.0424. The van der Waals surface area contributed by atoms with Crippen LogP contribution in [0.15, 0.2) is 53.0 Å². The zero-order chi connectivity index (χ0) is 16.2. The van der Waals surface area contributed by atoms with Gasteiger partial charge in [-0.15, -0.1) is 0 Å². The number of hydrogen-bond acceptors (Lipinski definition) is 3. The summed E-state index contributed by atoms with van der Waals surface area (Å²) in [6.45, 7) is 0.498. The summed E-state index contributed by atoms with van der Waals surface area (Å²) in [6.07, 6.45) is 2.08. The fourth-order valence-corrected chi connectivity index (χ4v) is 3.19. The van der Waals surface area contributed by atoms with Crippen LogP contribution in [0.3, 0.4) is 0 Å². The number of halogens is 1. The molecule has 3 rings (SSSR count).